The van der Waals surface area contributed by atoms with Crippen molar-refractivity contribution in [3.8, 4) is 0 Å². The van der Waals surface area contributed by atoms with Crippen molar-refractivity contribution in [2.24, 2.45) is 0 Å². The Morgan fingerprint density at radius 3 is 2.71 bits per heavy atom. The molecule has 0 spiro atoms. The third-order valence-corrected chi connectivity index (χ3v) is 3.54. The van der Waals surface area contributed by atoms with E-state index in [-0.39, 0.29) is 17.1 Å². The molecule has 6 nitrogen and oxygen atoms in total. The number of ether oxygens (including phenoxy) is 1. The summed E-state index contributed by atoms with van der Waals surface area (Å²) in [5.41, 5.74) is -0.323. The van der Waals surface area contributed by atoms with E-state index in [1.807, 2.05) is 0 Å². The maximum Gasteiger partial charge on any atom is 0.342 e. The van der Waals surface area contributed by atoms with Gasteiger partial charge < -0.3 is 14.9 Å². The van der Waals surface area contributed by atoms with E-state index in [4.69, 9.17) is 0 Å². The second kappa shape index (κ2) is 8.06. The molecule has 0 radical (unpaired) electrons. The Kier molecular flexibility index (Phi) is 6.73. The Balaban J connectivity index is 2.79. The number of esters is 1. The molecule has 1 heterocycles. The highest BCUT2D eigenvalue weighted by atomic mass is 32.2. The number of hydrogen-bond acceptors (Lipinski definition) is 7. The molecule has 1 rings (SSSR count). The largest absolute Gasteiger partial charge is 0.465 e. The van der Waals surface area contributed by atoms with Gasteiger partial charge in [0.25, 0.3) is 0 Å². The number of aliphatic hydroxyl groups is 2. The van der Waals surface area contributed by atoms with Crippen LogP contribution in [0.4, 0.5) is 4.39 Å². The standard InChI is InChI=1S/C13H16FNO5S/c1-7(16)21-4-3-10(17)11(18)8-5-9(13(19)20-2)12(14)15-6-8/h5-6,10-11,17-18H,3-4H2,1-2H3. The summed E-state index contributed by atoms with van der Waals surface area (Å²) in [6.45, 7) is 1.40. The van der Waals surface area contributed by atoms with Crippen molar-refractivity contribution >= 4 is 22.8 Å². The van der Waals surface area contributed by atoms with Crippen LogP contribution in [0.25, 0.3) is 0 Å². The summed E-state index contributed by atoms with van der Waals surface area (Å²) >= 11 is 1.03. The van der Waals surface area contributed by atoms with Crippen LogP contribution in [-0.2, 0) is 9.53 Å². The highest BCUT2D eigenvalue weighted by Crippen LogP contribution is 2.22. The highest BCUT2D eigenvalue weighted by molar-refractivity contribution is 8.13. The number of carbonyl (C=O) groups is 2. The summed E-state index contributed by atoms with van der Waals surface area (Å²) in [5, 5.41) is 19.7. The number of hydrogen-bond donors (Lipinski definition) is 2. The van der Waals surface area contributed by atoms with E-state index in [1.54, 1.807) is 0 Å². The van der Waals surface area contributed by atoms with Gasteiger partial charge in [-0.2, -0.15) is 4.39 Å². The summed E-state index contributed by atoms with van der Waals surface area (Å²) in [6.07, 6.45) is -1.30. The van der Waals surface area contributed by atoms with Gasteiger partial charge in [0.05, 0.1) is 13.2 Å². The van der Waals surface area contributed by atoms with Gasteiger partial charge in [0.15, 0.2) is 5.12 Å². The number of carbonyl (C=O) groups excluding carboxylic acids is 2. The van der Waals surface area contributed by atoms with Crippen molar-refractivity contribution in [3.63, 3.8) is 0 Å². The zero-order valence-electron chi connectivity index (χ0n) is 11.6. The van der Waals surface area contributed by atoms with Gasteiger partial charge in [-0.15, -0.1) is 0 Å². The lowest BCUT2D eigenvalue weighted by Gasteiger charge is -2.18. The number of halogens is 1. The van der Waals surface area contributed by atoms with Gasteiger partial charge in [-0.3, -0.25) is 4.79 Å². The fraction of sp³-hybridized carbons (Fsp3) is 0.462. The lowest BCUT2D eigenvalue weighted by molar-refractivity contribution is -0.109. The van der Waals surface area contributed by atoms with E-state index in [0.717, 1.165) is 31.1 Å². The van der Waals surface area contributed by atoms with Gasteiger partial charge in [0.1, 0.15) is 11.7 Å². The molecule has 0 aliphatic heterocycles. The number of aliphatic hydroxyl groups excluding tert-OH is 2. The molecule has 0 aliphatic carbocycles. The molecule has 1 aromatic rings. The molecule has 8 heteroatoms. The Labute approximate surface area is 125 Å². The third-order valence-electron chi connectivity index (χ3n) is 2.69. The third kappa shape index (κ3) is 5.07. The fourth-order valence-electron chi connectivity index (χ4n) is 1.58. The zero-order valence-corrected chi connectivity index (χ0v) is 12.4. The van der Waals surface area contributed by atoms with Crippen molar-refractivity contribution in [2.75, 3.05) is 12.9 Å². The van der Waals surface area contributed by atoms with Crippen LogP contribution in [0, 0.1) is 5.95 Å². The monoisotopic (exact) mass is 317 g/mol. The Bertz CT molecular complexity index is 525. The number of aromatic nitrogens is 1. The molecule has 2 atom stereocenters. The van der Waals surface area contributed by atoms with Crippen molar-refractivity contribution in [3.05, 3.63) is 29.3 Å². The number of thioether (sulfide) groups is 1. The van der Waals surface area contributed by atoms with Gasteiger partial charge >= 0.3 is 5.97 Å². The summed E-state index contributed by atoms with van der Waals surface area (Å²) in [6, 6.07) is 1.08. The van der Waals surface area contributed by atoms with Crippen LogP contribution in [-0.4, -0.2) is 45.2 Å². The molecular formula is C13H16FNO5S. The molecule has 0 aromatic carbocycles. The van der Waals surface area contributed by atoms with E-state index in [9.17, 15) is 24.2 Å². The maximum absolute atomic E-state index is 13.4. The number of rotatable bonds is 6. The van der Waals surface area contributed by atoms with Crippen LogP contribution < -0.4 is 0 Å². The Morgan fingerprint density at radius 2 is 2.14 bits per heavy atom. The Hall–Kier alpha value is -1.51. The second-order valence-corrected chi connectivity index (χ2v) is 5.51. The smallest absolute Gasteiger partial charge is 0.342 e. The molecule has 0 saturated heterocycles. The first-order valence-corrected chi connectivity index (χ1v) is 7.08. The predicted molar refractivity (Wildman–Crippen MR) is 74.3 cm³/mol. The molecule has 0 amide bonds. The van der Waals surface area contributed by atoms with E-state index in [2.05, 4.69) is 9.72 Å². The topological polar surface area (TPSA) is 96.7 Å². The first-order valence-electron chi connectivity index (χ1n) is 6.10. The highest BCUT2D eigenvalue weighted by Gasteiger charge is 2.22. The van der Waals surface area contributed by atoms with Gasteiger partial charge in [0, 0.05) is 24.4 Å². The minimum Gasteiger partial charge on any atom is -0.465 e. The first kappa shape index (κ1) is 17.5. The average molecular weight is 317 g/mol. The van der Waals surface area contributed by atoms with E-state index in [0.29, 0.717) is 5.75 Å². The molecule has 0 saturated carbocycles. The second-order valence-electron chi connectivity index (χ2n) is 4.24. The van der Waals surface area contributed by atoms with E-state index in [1.165, 1.54) is 6.92 Å². The molecule has 0 fully saturated rings. The minimum absolute atomic E-state index is 0.0897. The summed E-state index contributed by atoms with van der Waals surface area (Å²) < 4.78 is 17.8. The van der Waals surface area contributed by atoms with Crippen LogP contribution in [0.5, 0.6) is 0 Å². The summed E-state index contributed by atoms with van der Waals surface area (Å²) in [5.74, 6) is -1.60. The molecule has 21 heavy (non-hydrogen) atoms. The summed E-state index contributed by atoms with van der Waals surface area (Å²) in [7, 11) is 1.10. The molecule has 2 unspecified atom stereocenters. The SMILES string of the molecule is COC(=O)c1cc(C(O)C(O)CCSC(C)=O)cnc1F. The molecular weight excluding hydrogens is 301 g/mol. The summed E-state index contributed by atoms with van der Waals surface area (Å²) in [4.78, 5) is 25.5. The van der Waals surface area contributed by atoms with E-state index < -0.39 is 29.7 Å². The molecule has 0 aliphatic rings. The predicted octanol–water partition coefficient (Wildman–Crippen LogP) is 1.07. The van der Waals surface area contributed by atoms with Crippen molar-refractivity contribution < 1.29 is 28.9 Å². The minimum atomic E-state index is -1.34. The fourth-order valence-corrected chi connectivity index (χ4v) is 2.23. The van der Waals surface area contributed by atoms with Crippen molar-refractivity contribution in [2.45, 2.75) is 25.6 Å². The van der Waals surface area contributed by atoms with Gasteiger partial charge in [-0.25, -0.2) is 9.78 Å². The number of methoxy groups -OCH3 is 1. The normalized spacial score (nSPS) is 13.6. The first-order chi connectivity index (χ1) is 9.86. The van der Waals surface area contributed by atoms with Crippen LogP contribution in [0.3, 0.4) is 0 Å². The van der Waals surface area contributed by atoms with Crippen LogP contribution in [0.2, 0.25) is 0 Å². The lowest BCUT2D eigenvalue weighted by atomic mass is 10.0. The average Bonchev–Trinajstić information content (AvgIpc) is 2.45. The molecule has 1 aromatic heterocycles. The molecule has 0 bridgehead atoms. The van der Waals surface area contributed by atoms with Crippen LogP contribution in [0.1, 0.15) is 35.4 Å². The van der Waals surface area contributed by atoms with Crippen molar-refractivity contribution in [1.82, 2.24) is 4.98 Å². The van der Waals surface area contributed by atoms with Gasteiger partial charge in [-0.1, -0.05) is 11.8 Å². The number of pyridine rings is 1. The number of nitrogens with zero attached hydrogens (tertiary/aromatic N) is 1. The molecule has 116 valence electrons. The van der Waals surface area contributed by atoms with Crippen LogP contribution in [0.15, 0.2) is 12.3 Å². The van der Waals surface area contributed by atoms with Crippen LogP contribution >= 0.6 is 11.8 Å². The zero-order chi connectivity index (χ0) is 16.0. The van der Waals surface area contributed by atoms with Crippen molar-refractivity contribution in [1.29, 1.82) is 0 Å². The lowest BCUT2D eigenvalue weighted by Crippen LogP contribution is -2.20. The quantitative estimate of drug-likeness (QED) is 0.598. The Morgan fingerprint density at radius 1 is 1.48 bits per heavy atom. The van der Waals surface area contributed by atoms with Gasteiger partial charge in [0.2, 0.25) is 5.95 Å². The maximum atomic E-state index is 13.4. The van der Waals surface area contributed by atoms with Gasteiger partial charge in [-0.05, 0) is 12.5 Å². The van der Waals surface area contributed by atoms with E-state index >= 15 is 0 Å². The molecule has 2 N–H and O–H groups in total.